The lowest BCUT2D eigenvalue weighted by atomic mass is 10.2. The Morgan fingerprint density at radius 1 is 0.968 bits per heavy atom. The summed E-state index contributed by atoms with van der Waals surface area (Å²) in [5.74, 6) is 2.88. The van der Waals surface area contributed by atoms with E-state index in [1.165, 1.54) is 12.8 Å². The van der Waals surface area contributed by atoms with E-state index >= 15 is 0 Å². The van der Waals surface area contributed by atoms with Crippen molar-refractivity contribution in [3.63, 3.8) is 0 Å². The van der Waals surface area contributed by atoms with Gasteiger partial charge < -0.3 is 20.3 Å². The normalized spacial score (nSPS) is 13.1. The SMILES string of the molecule is Cc1cc(N2CCCC2)nc(NCCNC(=O)c2ccc(Oc3ccccc3)cc2)n1. The molecule has 7 heteroatoms. The molecule has 1 fully saturated rings. The molecule has 1 saturated heterocycles. The van der Waals surface area contributed by atoms with Crippen LogP contribution >= 0.6 is 0 Å². The molecule has 160 valence electrons. The number of amides is 1. The smallest absolute Gasteiger partial charge is 0.251 e. The van der Waals surface area contributed by atoms with E-state index in [0.29, 0.717) is 30.4 Å². The number of ether oxygens (including phenoxy) is 1. The van der Waals surface area contributed by atoms with Gasteiger partial charge in [0.15, 0.2) is 0 Å². The zero-order valence-corrected chi connectivity index (χ0v) is 17.7. The van der Waals surface area contributed by atoms with Crippen molar-refractivity contribution in [1.29, 1.82) is 0 Å². The van der Waals surface area contributed by atoms with Crippen LogP contribution in [-0.4, -0.2) is 42.1 Å². The molecule has 3 aromatic rings. The molecule has 0 saturated carbocycles. The van der Waals surface area contributed by atoms with Gasteiger partial charge in [0.2, 0.25) is 5.95 Å². The highest BCUT2D eigenvalue weighted by atomic mass is 16.5. The zero-order valence-electron chi connectivity index (χ0n) is 17.7. The molecule has 1 aliphatic heterocycles. The van der Waals surface area contributed by atoms with Crippen LogP contribution in [0.1, 0.15) is 28.9 Å². The molecule has 1 amide bonds. The Labute approximate surface area is 182 Å². The van der Waals surface area contributed by atoms with Crippen molar-refractivity contribution < 1.29 is 9.53 Å². The molecule has 1 aliphatic rings. The first-order valence-electron chi connectivity index (χ1n) is 10.6. The molecule has 7 nitrogen and oxygen atoms in total. The molecule has 0 spiro atoms. The average Bonchev–Trinajstić information content (AvgIpc) is 3.33. The maximum atomic E-state index is 12.4. The second kappa shape index (κ2) is 9.93. The summed E-state index contributed by atoms with van der Waals surface area (Å²) < 4.78 is 5.76. The first kappa shape index (κ1) is 20.7. The molecule has 0 unspecified atom stereocenters. The van der Waals surface area contributed by atoms with Crippen molar-refractivity contribution in [2.24, 2.45) is 0 Å². The van der Waals surface area contributed by atoms with Crippen LogP contribution in [0.25, 0.3) is 0 Å². The van der Waals surface area contributed by atoms with Crippen molar-refractivity contribution in [1.82, 2.24) is 15.3 Å². The van der Waals surface area contributed by atoms with Gasteiger partial charge in [-0.05, 0) is 56.2 Å². The third-order valence-electron chi connectivity index (χ3n) is 5.06. The first-order valence-corrected chi connectivity index (χ1v) is 10.6. The van der Waals surface area contributed by atoms with Gasteiger partial charge in [0.1, 0.15) is 17.3 Å². The first-order chi connectivity index (χ1) is 15.2. The maximum Gasteiger partial charge on any atom is 0.251 e. The quantitative estimate of drug-likeness (QED) is 0.539. The predicted molar refractivity (Wildman–Crippen MR) is 122 cm³/mol. The molecule has 2 aromatic carbocycles. The van der Waals surface area contributed by atoms with E-state index in [1.807, 2.05) is 43.3 Å². The molecule has 0 aliphatic carbocycles. The van der Waals surface area contributed by atoms with Crippen LogP contribution < -0.4 is 20.3 Å². The van der Waals surface area contributed by atoms with Crippen LogP contribution in [0.3, 0.4) is 0 Å². The fourth-order valence-electron chi connectivity index (χ4n) is 3.49. The summed E-state index contributed by atoms with van der Waals surface area (Å²) in [6.45, 7) is 5.07. The summed E-state index contributed by atoms with van der Waals surface area (Å²) in [6.07, 6.45) is 2.41. The number of hydrogen-bond acceptors (Lipinski definition) is 6. The van der Waals surface area contributed by atoms with Crippen molar-refractivity contribution in [3.05, 3.63) is 71.9 Å². The van der Waals surface area contributed by atoms with Gasteiger partial charge >= 0.3 is 0 Å². The lowest BCUT2D eigenvalue weighted by Gasteiger charge is -2.17. The van der Waals surface area contributed by atoms with Crippen LogP contribution in [0.4, 0.5) is 11.8 Å². The van der Waals surface area contributed by atoms with Crippen LogP contribution in [-0.2, 0) is 0 Å². The third kappa shape index (κ3) is 5.72. The van der Waals surface area contributed by atoms with E-state index < -0.39 is 0 Å². The topological polar surface area (TPSA) is 79.4 Å². The van der Waals surface area contributed by atoms with Gasteiger partial charge in [-0.2, -0.15) is 4.98 Å². The van der Waals surface area contributed by atoms with E-state index in [2.05, 4.69) is 25.5 Å². The van der Waals surface area contributed by atoms with E-state index in [0.717, 1.165) is 30.4 Å². The molecule has 0 atom stereocenters. The van der Waals surface area contributed by atoms with Gasteiger partial charge in [-0.3, -0.25) is 4.79 Å². The summed E-state index contributed by atoms with van der Waals surface area (Å²) in [7, 11) is 0. The van der Waals surface area contributed by atoms with E-state index in [1.54, 1.807) is 24.3 Å². The number of nitrogens with zero attached hydrogens (tertiary/aromatic N) is 3. The predicted octanol–water partition coefficient (Wildman–Crippen LogP) is 4.02. The van der Waals surface area contributed by atoms with Crippen LogP contribution in [0, 0.1) is 6.92 Å². The molecule has 2 heterocycles. The summed E-state index contributed by atoms with van der Waals surface area (Å²) in [6, 6.07) is 18.7. The van der Waals surface area contributed by atoms with Crippen molar-refractivity contribution in [3.8, 4) is 11.5 Å². The Morgan fingerprint density at radius 2 is 1.68 bits per heavy atom. The Morgan fingerprint density at radius 3 is 2.42 bits per heavy atom. The summed E-state index contributed by atoms with van der Waals surface area (Å²) in [5.41, 5.74) is 1.52. The highest BCUT2D eigenvalue weighted by molar-refractivity contribution is 5.94. The number of aromatic nitrogens is 2. The molecule has 1 aromatic heterocycles. The number of carbonyl (C=O) groups is 1. The summed E-state index contributed by atoms with van der Waals surface area (Å²) in [5, 5.41) is 6.12. The van der Waals surface area contributed by atoms with Crippen LogP contribution in [0.5, 0.6) is 11.5 Å². The van der Waals surface area contributed by atoms with E-state index in [4.69, 9.17) is 4.74 Å². The van der Waals surface area contributed by atoms with Gasteiger partial charge in [-0.15, -0.1) is 0 Å². The molecule has 4 rings (SSSR count). The Hall–Kier alpha value is -3.61. The average molecular weight is 418 g/mol. The third-order valence-corrected chi connectivity index (χ3v) is 5.06. The van der Waals surface area contributed by atoms with E-state index in [-0.39, 0.29) is 5.91 Å². The molecule has 31 heavy (non-hydrogen) atoms. The molecule has 0 radical (unpaired) electrons. The number of para-hydroxylation sites is 1. The van der Waals surface area contributed by atoms with Gasteiger partial charge in [-0.1, -0.05) is 18.2 Å². The number of carbonyl (C=O) groups excluding carboxylic acids is 1. The van der Waals surface area contributed by atoms with Gasteiger partial charge in [-0.25, -0.2) is 4.98 Å². The van der Waals surface area contributed by atoms with Crippen molar-refractivity contribution in [2.75, 3.05) is 36.4 Å². The molecular formula is C24H27N5O2. The van der Waals surface area contributed by atoms with Crippen LogP contribution in [0.15, 0.2) is 60.7 Å². The summed E-state index contributed by atoms with van der Waals surface area (Å²) >= 11 is 0. The van der Waals surface area contributed by atoms with Crippen molar-refractivity contribution in [2.45, 2.75) is 19.8 Å². The standard InChI is InChI=1S/C24H27N5O2/c1-18-17-22(29-15-5-6-16-29)28-24(27-18)26-14-13-25-23(30)19-9-11-21(12-10-19)31-20-7-3-2-4-8-20/h2-4,7-12,17H,5-6,13-16H2,1H3,(H,25,30)(H,26,27,28). The van der Waals surface area contributed by atoms with Gasteiger partial charge in [0.25, 0.3) is 5.91 Å². The highest BCUT2D eigenvalue weighted by Crippen LogP contribution is 2.21. The number of anilines is 2. The number of benzene rings is 2. The fraction of sp³-hybridized carbons (Fsp3) is 0.292. The number of rotatable bonds is 8. The van der Waals surface area contributed by atoms with E-state index in [9.17, 15) is 4.79 Å². The summed E-state index contributed by atoms with van der Waals surface area (Å²) in [4.78, 5) is 23.7. The Kier molecular flexibility index (Phi) is 6.62. The van der Waals surface area contributed by atoms with Gasteiger partial charge in [0, 0.05) is 43.5 Å². The maximum absolute atomic E-state index is 12.4. The molecule has 2 N–H and O–H groups in total. The fourth-order valence-corrected chi connectivity index (χ4v) is 3.49. The number of aryl methyl sites for hydroxylation is 1. The largest absolute Gasteiger partial charge is 0.457 e. The number of hydrogen-bond donors (Lipinski definition) is 2. The van der Waals surface area contributed by atoms with Crippen molar-refractivity contribution >= 4 is 17.7 Å². The lowest BCUT2D eigenvalue weighted by Crippen LogP contribution is -2.29. The zero-order chi connectivity index (χ0) is 21.5. The second-order valence-electron chi connectivity index (χ2n) is 7.51. The van der Waals surface area contributed by atoms with Crippen LogP contribution in [0.2, 0.25) is 0 Å². The molecule has 0 bridgehead atoms. The monoisotopic (exact) mass is 417 g/mol. The second-order valence-corrected chi connectivity index (χ2v) is 7.51. The lowest BCUT2D eigenvalue weighted by molar-refractivity contribution is 0.0955. The Bertz CT molecular complexity index is 1000. The minimum absolute atomic E-state index is 0.129. The van der Waals surface area contributed by atoms with Gasteiger partial charge in [0.05, 0.1) is 0 Å². The minimum atomic E-state index is -0.129. The molecular weight excluding hydrogens is 390 g/mol. The minimum Gasteiger partial charge on any atom is -0.457 e. The Balaban J connectivity index is 1.25. The number of nitrogens with one attached hydrogen (secondary N) is 2. The highest BCUT2D eigenvalue weighted by Gasteiger charge is 2.15.